The molecule has 2 aromatic rings. The first kappa shape index (κ1) is 12.7. The predicted molar refractivity (Wildman–Crippen MR) is 73.7 cm³/mol. The summed E-state index contributed by atoms with van der Waals surface area (Å²) in [6.45, 7) is 2.08. The smallest absolute Gasteiger partial charge is 0.299 e. The number of amides is 1. The highest BCUT2D eigenvalue weighted by molar-refractivity contribution is 6.52. The fourth-order valence-corrected chi connectivity index (χ4v) is 2.26. The number of anilines is 1. The van der Waals surface area contributed by atoms with Crippen molar-refractivity contribution in [3.05, 3.63) is 52.3 Å². The Labute approximate surface area is 120 Å². The minimum Gasteiger partial charge on any atom is -0.299 e. The van der Waals surface area contributed by atoms with Gasteiger partial charge in [0, 0.05) is 0 Å². The third-order valence-corrected chi connectivity index (χ3v) is 3.34. The highest BCUT2D eigenvalue weighted by Crippen LogP contribution is 2.30. The van der Waals surface area contributed by atoms with Crippen molar-refractivity contribution in [3.8, 4) is 0 Å². The van der Waals surface area contributed by atoms with E-state index >= 15 is 0 Å². The van der Waals surface area contributed by atoms with Crippen molar-refractivity contribution in [2.24, 2.45) is 0 Å². The van der Waals surface area contributed by atoms with Crippen LogP contribution in [-0.4, -0.2) is 21.9 Å². The van der Waals surface area contributed by atoms with E-state index in [9.17, 15) is 9.59 Å². The number of carbonyl (C=O) groups excluding carboxylic acids is 2. The molecule has 0 fully saturated rings. The van der Waals surface area contributed by atoms with Gasteiger partial charge in [-0.2, -0.15) is 5.10 Å². The van der Waals surface area contributed by atoms with E-state index < -0.39 is 11.7 Å². The number of halogens is 1. The van der Waals surface area contributed by atoms with Crippen LogP contribution in [0.1, 0.15) is 21.6 Å². The van der Waals surface area contributed by atoms with Gasteiger partial charge in [-0.15, -0.1) is 5.10 Å². The lowest BCUT2D eigenvalue weighted by Gasteiger charge is -2.15. The number of rotatable bonds is 2. The summed E-state index contributed by atoms with van der Waals surface area (Å²) < 4.78 is 0. The van der Waals surface area contributed by atoms with Gasteiger partial charge in [0.15, 0.2) is 5.15 Å². The van der Waals surface area contributed by atoms with Crippen molar-refractivity contribution in [1.29, 1.82) is 0 Å². The molecule has 0 spiro atoms. The molecule has 1 aromatic carbocycles. The summed E-state index contributed by atoms with van der Waals surface area (Å²) >= 11 is 5.67. The summed E-state index contributed by atoms with van der Waals surface area (Å²) in [5, 5.41) is 7.92. The Bertz CT molecular complexity index is 713. The van der Waals surface area contributed by atoms with Gasteiger partial charge < -0.3 is 0 Å². The normalized spacial score (nSPS) is 13.8. The van der Waals surface area contributed by atoms with Crippen molar-refractivity contribution in [3.63, 3.8) is 0 Å². The lowest BCUT2D eigenvalue weighted by Crippen LogP contribution is -2.29. The fraction of sp³-hybridized carbons (Fsp3) is 0.143. The zero-order valence-corrected chi connectivity index (χ0v) is 11.4. The van der Waals surface area contributed by atoms with Crippen LogP contribution >= 0.6 is 11.6 Å². The molecule has 0 N–H and O–H groups in total. The lowest BCUT2D eigenvalue weighted by atomic mass is 10.1. The molecule has 100 valence electrons. The molecule has 6 heteroatoms. The number of aryl methyl sites for hydroxylation is 1. The molecule has 0 aliphatic carbocycles. The molecule has 0 saturated carbocycles. The molecule has 1 aliphatic rings. The SMILES string of the molecule is Cc1ccc2c(c1)C(=O)C(=O)N2Cc1ccc(Cl)nn1. The van der Waals surface area contributed by atoms with Crippen molar-refractivity contribution < 1.29 is 9.59 Å². The zero-order chi connectivity index (χ0) is 14.3. The van der Waals surface area contributed by atoms with Gasteiger partial charge >= 0.3 is 0 Å². The number of benzene rings is 1. The molecule has 0 bridgehead atoms. The number of Topliss-reactive ketones (excluding diaryl/α,β-unsaturated/α-hetero) is 1. The number of fused-ring (bicyclic) bond motifs is 1. The van der Waals surface area contributed by atoms with E-state index in [-0.39, 0.29) is 11.7 Å². The number of nitrogens with zero attached hydrogens (tertiary/aromatic N) is 3. The summed E-state index contributed by atoms with van der Waals surface area (Å²) in [6.07, 6.45) is 0. The maximum absolute atomic E-state index is 12.0. The Morgan fingerprint density at radius 1 is 1.15 bits per heavy atom. The third-order valence-electron chi connectivity index (χ3n) is 3.13. The van der Waals surface area contributed by atoms with E-state index in [1.807, 2.05) is 13.0 Å². The Kier molecular flexibility index (Phi) is 2.99. The molecular formula is C14H10ClN3O2. The molecule has 1 aromatic heterocycles. The van der Waals surface area contributed by atoms with Gasteiger partial charge in [0.05, 0.1) is 23.5 Å². The molecule has 2 heterocycles. The number of ketones is 1. The first-order valence-corrected chi connectivity index (χ1v) is 6.39. The number of hydrogen-bond donors (Lipinski definition) is 0. The van der Waals surface area contributed by atoms with Crippen LogP contribution in [0.3, 0.4) is 0 Å². The van der Waals surface area contributed by atoms with Crippen LogP contribution in [0.4, 0.5) is 5.69 Å². The molecule has 0 unspecified atom stereocenters. The predicted octanol–water partition coefficient (Wildman–Crippen LogP) is 2.17. The third kappa shape index (κ3) is 2.06. The lowest BCUT2D eigenvalue weighted by molar-refractivity contribution is -0.114. The molecule has 20 heavy (non-hydrogen) atoms. The number of hydrogen-bond acceptors (Lipinski definition) is 4. The minimum absolute atomic E-state index is 0.199. The van der Waals surface area contributed by atoms with Crippen LogP contribution in [-0.2, 0) is 11.3 Å². The monoisotopic (exact) mass is 287 g/mol. The van der Waals surface area contributed by atoms with E-state index in [1.54, 1.807) is 24.3 Å². The average Bonchev–Trinajstić information content (AvgIpc) is 2.66. The molecule has 5 nitrogen and oxygen atoms in total. The Morgan fingerprint density at radius 2 is 1.95 bits per heavy atom. The van der Waals surface area contributed by atoms with E-state index in [1.165, 1.54) is 4.90 Å². The standard InChI is InChI=1S/C14H10ClN3O2/c1-8-2-4-11-10(6-8)13(19)14(20)18(11)7-9-3-5-12(15)17-16-9/h2-6H,7H2,1H3. The quantitative estimate of drug-likeness (QED) is 0.794. The van der Waals surface area contributed by atoms with Gasteiger partial charge in [-0.25, -0.2) is 0 Å². The molecular weight excluding hydrogens is 278 g/mol. The second kappa shape index (κ2) is 4.68. The van der Waals surface area contributed by atoms with Crippen LogP contribution in [0.25, 0.3) is 0 Å². The minimum atomic E-state index is -0.539. The Morgan fingerprint density at radius 3 is 2.65 bits per heavy atom. The first-order chi connectivity index (χ1) is 9.56. The molecule has 3 rings (SSSR count). The van der Waals surface area contributed by atoms with Gasteiger partial charge in [0.2, 0.25) is 0 Å². The van der Waals surface area contributed by atoms with Crippen LogP contribution in [0.2, 0.25) is 5.15 Å². The highest BCUT2D eigenvalue weighted by Gasteiger charge is 2.35. The number of aromatic nitrogens is 2. The second-order valence-electron chi connectivity index (χ2n) is 4.59. The molecule has 1 aliphatic heterocycles. The second-order valence-corrected chi connectivity index (χ2v) is 4.98. The first-order valence-electron chi connectivity index (χ1n) is 6.01. The maximum Gasteiger partial charge on any atom is 0.299 e. The van der Waals surface area contributed by atoms with Crippen LogP contribution in [0, 0.1) is 6.92 Å². The average molecular weight is 288 g/mol. The summed E-state index contributed by atoms with van der Waals surface area (Å²) in [6, 6.07) is 8.65. The molecule has 1 amide bonds. The summed E-state index contributed by atoms with van der Waals surface area (Å²) in [4.78, 5) is 25.4. The highest BCUT2D eigenvalue weighted by atomic mass is 35.5. The van der Waals surface area contributed by atoms with Crippen molar-refractivity contribution in [2.75, 3.05) is 4.90 Å². The van der Waals surface area contributed by atoms with Crippen molar-refractivity contribution in [2.45, 2.75) is 13.5 Å². The largest absolute Gasteiger partial charge is 0.299 e. The maximum atomic E-state index is 12.0. The van der Waals surface area contributed by atoms with Gasteiger partial charge in [-0.1, -0.05) is 23.2 Å². The molecule has 0 saturated heterocycles. The summed E-state index contributed by atoms with van der Waals surface area (Å²) in [5.41, 5.74) is 2.57. The van der Waals surface area contributed by atoms with Crippen LogP contribution in [0.15, 0.2) is 30.3 Å². The fourth-order valence-electron chi connectivity index (χ4n) is 2.16. The molecule has 0 atom stereocenters. The number of carbonyl (C=O) groups is 2. The van der Waals surface area contributed by atoms with Crippen LogP contribution in [0.5, 0.6) is 0 Å². The summed E-state index contributed by atoms with van der Waals surface area (Å²) in [7, 11) is 0. The zero-order valence-electron chi connectivity index (χ0n) is 10.6. The topological polar surface area (TPSA) is 63.2 Å². The van der Waals surface area contributed by atoms with Gasteiger partial charge in [0.25, 0.3) is 11.7 Å². The van der Waals surface area contributed by atoms with E-state index in [0.29, 0.717) is 16.9 Å². The van der Waals surface area contributed by atoms with E-state index in [0.717, 1.165) is 5.56 Å². The van der Waals surface area contributed by atoms with Gasteiger partial charge in [-0.3, -0.25) is 14.5 Å². The van der Waals surface area contributed by atoms with E-state index in [4.69, 9.17) is 11.6 Å². The summed E-state index contributed by atoms with van der Waals surface area (Å²) in [5.74, 6) is -1.02. The Balaban J connectivity index is 1.97. The van der Waals surface area contributed by atoms with Gasteiger partial charge in [-0.05, 0) is 31.2 Å². The van der Waals surface area contributed by atoms with Crippen molar-refractivity contribution in [1.82, 2.24) is 10.2 Å². The van der Waals surface area contributed by atoms with E-state index in [2.05, 4.69) is 10.2 Å². The van der Waals surface area contributed by atoms with Crippen molar-refractivity contribution >= 4 is 29.0 Å². The van der Waals surface area contributed by atoms with Crippen LogP contribution < -0.4 is 4.90 Å². The van der Waals surface area contributed by atoms with Gasteiger partial charge in [0.1, 0.15) is 0 Å². The Hall–Kier alpha value is -2.27. The molecule has 0 radical (unpaired) electrons.